The molecule has 0 aliphatic carbocycles. The maximum Gasteiger partial charge on any atom is 0.257 e. The van der Waals surface area contributed by atoms with Crippen LogP contribution in [0.4, 0.5) is 22.9 Å². The number of nitrogens with one attached hydrogen (secondary N) is 2. The van der Waals surface area contributed by atoms with Crippen LogP contribution in [0.2, 0.25) is 0 Å². The first-order valence-electron chi connectivity index (χ1n) is 11.3. The number of para-hydroxylation sites is 1. The van der Waals surface area contributed by atoms with Crippen molar-refractivity contribution >= 4 is 34.6 Å². The second-order valence-corrected chi connectivity index (χ2v) is 8.20. The molecule has 1 amide bonds. The van der Waals surface area contributed by atoms with E-state index in [0.717, 1.165) is 56.1 Å². The quantitative estimate of drug-likeness (QED) is 0.672. The zero-order valence-electron chi connectivity index (χ0n) is 18.6. The molecule has 0 bridgehead atoms. The van der Waals surface area contributed by atoms with E-state index in [-0.39, 0.29) is 11.7 Å². The molecule has 7 heteroatoms. The zero-order valence-corrected chi connectivity index (χ0v) is 18.6. The van der Waals surface area contributed by atoms with E-state index in [2.05, 4.69) is 34.3 Å². The van der Waals surface area contributed by atoms with Gasteiger partial charge in [-0.3, -0.25) is 14.5 Å². The third-order valence-electron chi connectivity index (χ3n) is 6.20. The Kier molecular flexibility index (Phi) is 6.23. The van der Waals surface area contributed by atoms with Crippen LogP contribution in [0.3, 0.4) is 0 Å². The van der Waals surface area contributed by atoms with E-state index in [1.165, 1.54) is 6.42 Å². The molecule has 0 saturated carbocycles. The number of piperidine rings is 1. The lowest BCUT2D eigenvalue weighted by molar-refractivity contribution is 0.100. The molecular weight excluding hydrogens is 390 g/mol. The van der Waals surface area contributed by atoms with Gasteiger partial charge in [0, 0.05) is 19.6 Å². The van der Waals surface area contributed by atoms with E-state index in [1.54, 1.807) is 13.0 Å². The van der Waals surface area contributed by atoms with Crippen LogP contribution in [0.15, 0.2) is 24.3 Å². The number of fused-ring (bicyclic) bond motifs is 2. The Hall–Kier alpha value is -2.93. The maximum atomic E-state index is 13.0. The highest BCUT2D eigenvalue weighted by Gasteiger charge is 2.31. The Morgan fingerprint density at radius 3 is 2.48 bits per heavy atom. The van der Waals surface area contributed by atoms with Crippen molar-refractivity contribution in [3.05, 3.63) is 41.1 Å². The molecule has 2 aliphatic rings. The fourth-order valence-corrected chi connectivity index (χ4v) is 4.51. The molecule has 1 saturated heterocycles. The van der Waals surface area contributed by atoms with Crippen molar-refractivity contribution in [1.82, 2.24) is 9.88 Å². The number of rotatable bonds is 6. The summed E-state index contributed by atoms with van der Waals surface area (Å²) in [6, 6.07) is 7.43. The minimum Gasteiger partial charge on any atom is -0.369 e. The van der Waals surface area contributed by atoms with Crippen LogP contribution in [0, 0.1) is 0 Å². The monoisotopic (exact) mass is 421 g/mol. The molecule has 164 valence electrons. The Morgan fingerprint density at radius 1 is 1.10 bits per heavy atom. The van der Waals surface area contributed by atoms with Gasteiger partial charge in [-0.2, -0.15) is 0 Å². The van der Waals surface area contributed by atoms with Crippen LogP contribution < -0.4 is 15.5 Å². The molecule has 4 rings (SSSR count). The van der Waals surface area contributed by atoms with Gasteiger partial charge in [0.15, 0.2) is 11.6 Å². The molecule has 2 aliphatic heterocycles. The molecular formula is C24H31N5O2. The molecule has 3 heterocycles. The standard InChI is InChI=1S/C24H31N5O2/c1-4-28(5-2)15-19-20(16(3)30)22(29-13-9-6-10-14-29)21-23(26-19)25-18-12-8-7-11-17(18)24(31)27-21/h7-8,11-12H,4-6,9-10,13-15H2,1-3H3,(H,25,26)(H,27,31). The number of hydrogen-bond donors (Lipinski definition) is 2. The van der Waals surface area contributed by atoms with Gasteiger partial charge in [0.1, 0.15) is 5.69 Å². The van der Waals surface area contributed by atoms with Crippen molar-refractivity contribution < 1.29 is 9.59 Å². The predicted octanol–water partition coefficient (Wildman–Crippen LogP) is 4.43. The van der Waals surface area contributed by atoms with Crippen LogP contribution in [-0.4, -0.2) is 47.8 Å². The predicted molar refractivity (Wildman–Crippen MR) is 125 cm³/mol. The second kappa shape index (κ2) is 9.06. The van der Waals surface area contributed by atoms with E-state index in [4.69, 9.17) is 4.98 Å². The molecule has 1 fully saturated rings. The summed E-state index contributed by atoms with van der Waals surface area (Å²) in [4.78, 5) is 35.4. The highest BCUT2D eigenvalue weighted by Crippen LogP contribution is 2.42. The summed E-state index contributed by atoms with van der Waals surface area (Å²) in [5.41, 5.74) is 4.10. The fraction of sp³-hybridized carbons (Fsp3) is 0.458. The first-order chi connectivity index (χ1) is 15.0. The Balaban J connectivity index is 1.93. The number of amides is 1. The van der Waals surface area contributed by atoms with Gasteiger partial charge in [-0.15, -0.1) is 0 Å². The molecule has 0 spiro atoms. The van der Waals surface area contributed by atoms with Crippen LogP contribution in [0.5, 0.6) is 0 Å². The average Bonchev–Trinajstić information content (AvgIpc) is 2.92. The van der Waals surface area contributed by atoms with Gasteiger partial charge in [0.05, 0.1) is 28.2 Å². The van der Waals surface area contributed by atoms with Gasteiger partial charge in [-0.25, -0.2) is 4.98 Å². The lowest BCUT2D eigenvalue weighted by Crippen LogP contribution is -2.33. The molecule has 7 nitrogen and oxygen atoms in total. The number of Topliss-reactive ketones (excluding diaryl/α,β-unsaturated/α-hetero) is 1. The van der Waals surface area contributed by atoms with E-state index < -0.39 is 0 Å². The zero-order chi connectivity index (χ0) is 22.0. The smallest absolute Gasteiger partial charge is 0.257 e. The van der Waals surface area contributed by atoms with Crippen LogP contribution in [0.1, 0.15) is 66.4 Å². The first-order valence-corrected chi connectivity index (χ1v) is 11.3. The van der Waals surface area contributed by atoms with Gasteiger partial charge in [-0.05, 0) is 51.4 Å². The molecule has 0 radical (unpaired) electrons. The summed E-state index contributed by atoms with van der Waals surface area (Å²) in [5.74, 6) is 0.396. The number of carbonyl (C=O) groups excluding carboxylic acids is 2. The SMILES string of the molecule is CCN(CC)Cc1nc2c(c(N3CCCCC3)c1C(C)=O)NC(=O)c1ccccc1N2. The molecule has 1 aromatic heterocycles. The number of nitrogens with zero attached hydrogens (tertiary/aromatic N) is 3. The van der Waals surface area contributed by atoms with Crippen LogP contribution in [0.25, 0.3) is 0 Å². The van der Waals surface area contributed by atoms with Crippen molar-refractivity contribution in [2.45, 2.75) is 46.6 Å². The van der Waals surface area contributed by atoms with Gasteiger partial charge in [0.2, 0.25) is 0 Å². The van der Waals surface area contributed by atoms with E-state index in [1.807, 2.05) is 18.2 Å². The van der Waals surface area contributed by atoms with Crippen molar-refractivity contribution in [2.75, 3.05) is 41.7 Å². The number of benzene rings is 1. The third kappa shape index (κ3) is 4.14. The van der Waals surface area contributed by atoms with Crippen LogP contribution in [-0.2, 0) is 6.54 Å². The van der Waals surface area contributed by atoms with Crippen molar-refractivity contribution in [3.8, 4) is 0 Å². The molecule has 31 heavy (non-hydrogen) atoms. The first kappa shape index (κ1) is 21.3. The van der Waals surface area contributed by atoms with Gasteiger partial charge >= 0.3 is 0 Å². The average molecular weight is 422 g/mol. The lowest BCUT2D eigenvalue weighted by Gasteiger charge is -2.33. The van der Waals surface area contributed by atoms with Crippen molar-refractivity contribution in [3.63, 3.8) is 0 Å². The number of anilines is 4. The number of ketones is 1. The van der Waals surface area contributed by atoms with E-state index >= 15 is 0 Å². The summed E-state index contributed by atoms with van der Waals surface area (Å²) < 4.78 is 0. The lowest BCUT2D eigenvalue weighted by atomic mass is 10.0. The van der Waals surface area contributed by atoms with E-state index in [0.29, 0.717) is 29.2 Å². The highest BCUT2D eigenvalue weighted by atomic mass is 16.1. The molecule has 0 unspecified atom stereocenters. The normalized spacial score (nSPS) is 15.6. The number of aromatic nitrogens is 1. The summed E-state index contributed by atoms with van der Waals surface area (Å²) >= 11 is 0. The Bertz CT molecular complexity index is 994. The minimum atomic E-state index is -0.187. The summed E-state index contributed by atoms with van der Waals surface area (Å²) in [5, 5.41) is 6.45. The molecule has 2 N–H and O–H groups in total. The second-order valence-electron chi connectivity index (χ2n) is 8.20. The van der Waals surface area contributed by atoms with Crippen molar-refractivity contribution in [2.24, 2.45) is 0 Å². The minimum absolute atomic E-state index is 0.0194. The highest BCUT2D eigenvalue weighted by molar-refractivity contribution is 6.16. The largest absolute Gasteiger partial charge is 0.369 e. The fourth-order valence-electron chi connectivity index (χ4n) is 4.51. The van der Waals surface area contributed by atoms with Crippen molar-refractivity contribution in [1.29, 1.82) is 0 Å². The maximum absolute atomic E-state index is 13.0. The third-order valence-corrected chi connectivity index (χ3v) is 6.20. The summed E-state index contributed by atoms with van der Waals surface area (Å²) in [6.45, 7) is 9.89. The van der Waals surface area contributed by atoms with Crippen LogP contribution >= 0.6 is 0 Å². The van der Waals surface area contributed by atoms with Gasteiger partial charge in [-0.1, -0.05) is 26.0 Å². The summed E-state index contributed by atoms with van der Waals surface area (Å²) in [7, 11) is 0. The molecule has 2 aromatic rings. The Labute approximate surface area is 183 Å². The number of pyridine rings is 1. The molecule has 1 aromatic carbocycles. The van der Waals surface area contributed by atoms with Gasteiger partial charge in [0.25, 0.3) is 5.91 Å². The summed E-state index contributed by atoms with van der Waals surface area (Å²) in [6.07, 6.45) is 3.32. The topological polar surface area (TPSA) is 77.6 Å². The van der Waals surface area contributed by atoms with Gasteiger partial charge < -0.3 is 15.5 Å². The van der Waals surface area contributed by atoms with E-state index in [9.17, 15) is 9.59 Å². The number of carbonyl (C=O) groups is 2. The number of hydrogen-bond acceptors (Lipinski definition) is 6. The molecule has 0 atom stereocenters. The Morgan fingerprint density at radius 2 is 1.81 bits per heavy atom.